The Morgan fingerprint density at radius 2 is 2.28 bits per heavy atom. The van der Waals surface area contributed by atoms with Gasteiger partial charge in [0.15, 0.2) is 0 Å². The molecule has 0 aromatic carbocycles. The lowest BCUT2D eigenvalue weighted by molar-refractivity contribution is -0.168. The van der Waals surface area contributed by atoms with Crippen LogP contribution in [0.15, 0.2) is 10.8 Å². The number of aliphatic hydroxyl groups excluding tert-OH is 1. The molecule has 0 saturated carbocycles. The van der Waals surface area contributed by atoms with E-state index in [0.29, 0.717) is 13.0 Å². The molecule has 9 heteroatoms. The SMILES string of the molecule is CC1CCC2(CN([C@@H](CO)c3nnco3)C2=O)N1C(=O)OC(C)(C)C. The Hall–Kier alpha value is -2.16. The van der Waals surface area contributed by atoms with Crippen molar-refractivity contribution in [3.63, 3.8) is 0 Å². The van der Waals surface area contributed by atoms with Crippen molar-refractivity contribution in [2.24, 2.45) is 0 Å². The molecular formula is C16H24N4O5. The number of hydrogen-bond acceptors (Lipinski definition) is 7. The first kappa shape index (κ1) is 17.7. The summed E-state index contributed by atoms with van der Waals surface area (Å²) in [5.74, 6) is -0.0412. The molecule has 3 heterocycles. The molecule has 2 aliphatic rings. The second-order valence-corrected chi connectivity index (χ2v) is 7.68. The lowest BCUT2D eigenvalue weighted by Gasteiger charge is -2.53. The van der Waals surface area contributed by atoms with Gasteiger partial charge in [0.05, 0.1) is 13.2 Å². The highest BCUT2D eigenvalue weighted by Crippen LogP contribution is 2.45. The van der Waals surface area contributed by atoms with E-state index in [0.717, 1.165) is 12.8 Å². The second-order valence-electron chi connectivity index (χ2n) is 7.68. The van der Waals surface area contributed by atoms with Gasteiger partial charge in [-0.1, -0.05) is 0 Å². The van der Waals surface area contributed by atoms with Gasteiger partial charge in [0.25, 0.3) is 5.91 Å². The standard InChI is InChI=1S/C16H24N4O5/c1-10-5-6-16(20(10)14(23)25-15(2,3)4)8-19(13(16)22)11(7-21)12-18-17-9-24-12/h9-11,21H,5-8H2,1-4H3/t10?,11-,16?/m0/s1. The Labute approximate surface area is 145 Å². The smallest absolute Gasteiger partial charge is 0.411 e. The van der Waals surface area contributed by atoms with Gasteiger partial charge in [-0.25, -0.2) is 4.79 Å². The van der Waals surface area contributed by atoms with E-state index in [4.69, 9.17) is 9.15 Å². The van der Waals surface area contributed by atoms with E-state index >= 15 is 0 Å². The van der Waals surface area contributed by atoms with Gasteiger partial charge in [0.1, 0.15) is 17.2 Å². The summed E-state index contributed by atoms with van der Waals surface area (Å²) in [5.41, 5.74) is -1.54. The molecule has 0 aliphatic carbocycles. The summed E-state index contributed by atoms with van der Waals surface area (Å²) in [5, 5.41) is 17.0. The zero-order chi connectivity index (χ0) is 18.4. The van der Waals surface area contributed by atoms with Gasteiger partial charge in [-0.3, -0.25) is 9.69 Å². The van der Waals surface area contributed by atoms with Crippen molar-refractivity contribution in [2.45, 2.75) is 63.8 Å². The van der Waals surface area contributed by atoms with Crippen molar-refractivity contribution < 1.29 is 23.8 Å². The highest BCUT2D eigenvalue weighted by molar-refractivity contribution is 5.96. The van der Waals surface area contributed by atoms with Crippen LogP contribution in [-0.4, -0.2) is 67.4 Å². The Morgan fingerprint density at radius 3 is 2.80 bits per heavy atom. The number of carbonyl (C=O) groups excluding carboxylic acids is 2. The van der Waals surface area contributed by atoms with E-state index in [-0.39, 0.29) is 24.4 Å². The molecule has 3 rings (SSSR count). The van der Waals surface area contributed by atoms with E-state index in [9.17, 15) is 14.7 Å². The van der Waals surface area contributed by atoms with Crippen LogP contribution in [0.25, 0.3) is 0 Å². The van der Waals surface area contributed by atoms with Gasteiger partial charge >= 0.3 is 6.09 Å². The van der Waals surface area contributed by atoms with E-state index in [1.807, 2.05) is 6.92 Å². The van der Waals surface area contributed by atoms with Crippen LogP contribution in [0.4, 0.5) is 4.79 Å². The maximum Gasteiger partial charge on any atom is 0.411 e. The zero-order valence-corrected chi connectivity index (χ0v) is 14.9. The molecule has 138 valence electrons. The lowest BCUT2D eigenvalue weighted by atomic mass is 9.84. The van der Waals surface area contributed by atoms with Crippen LogP contribution in [0.3, 0.4) is 0 Å². The van der Waals surface area contributed by atoms with E-state index in [1.54, 1.807) is 25.7 Å². The highest BCUT2D eigenvalue weighted by Gasteiger charge is 2.64. The fourth-order valence-electron chi connectivity index (χ4n) is 3.64. The fraction of sp³-hybridized carbons (Fsp3) is 0.750. The third kappa shape index (κ3) is 2.86. The van der Waals surface area contributed by atoms with Crippen LogP contribution in [0, 0.1) is 0 Å². The van der Waals surface area contributed by atoms with E-state index in [2.05, 4.69) is 10.2 Å². The summed E-state index contributed by atoms with van der Waals surface area (Å²) in [6, 6.07) is -0.783. The van der Waals surface area contributed by atoms with Gasteiger partial charge in [-0.05, 0) is 40.5 Å². The van der Waals surface area contributed by atoms with Crippen LogP contribution in [0.2, 0.25) is 0 Å². The van der Waals surface area contributed by atoms with Crippen molar-refractivity contribution in [3.05, 3.63) is 12.3 Å². The van der Waals surface area contributed by atoms with Gasteiger partial charge in [0, 0.05) is 6.04 Å². The minimum absolute atomic E-state index is 0.0862. The molecular weight excluding hydrogens is 328 g/mol. The molecule has 1 spiro atoms. The van der Waals surface area contributed by atoms with Gasteiger partial charge in [-0.15, -0.1) is 10.2 Å². The summed E-state index contributed by atoms with van der Waals surface area (Å²) in [6.07, 6.45) is 1.97. The highest BCUT2D eigenvalue weighted by atomic mass is 16.6. The molecule has 0 bridgehead atoms. The van der Waals surface area contributed by atoms with Gasteiger partial charge in [-0.2, -0.15) is 0 Å². The molecule has 2 unspecified atom stereocenters. The molecule has 0 radical (unpaired) electrons. The van der Waals surface area contributed by atoms with Crippen LogP contribution >= 0.6 is 0 Å². The Kier molecular flexibility index (Phi) is 4.22. The Bertz CT molecular complexity index is 656. The molecule has 3 atom stereocenters. The average Bonchev–Trinajstić information content (AvgIpc) is 3.14. The first-order chi connectivity index (χ1) is 11.7. The summed E-state index contributed by atoms with van der Waals surface area (Å²) < 4.78 is 10.6. The molecule has 9 nitrogen and oxygen atoms in total. The first-order valence-corrected chi connectivity index (χ1v) is 8.40. The monoisotopic (exact) mass is 352 g/mol. The van der Waals surface area contributed by atoms with Crippen molar-refractivity contribution in [1.29, 1.82) is 0 Å². The largest absolute Gasteiger partial charge is 0.444 e. The second kappa shape index (κ2) is 5.98. The third-order valence-electron chi connectivity index (χ3n) is 4.77. The molecule has 25 heavy (non-hydrogen) atoms. The van der Waals surface area contributed by atoms with Crippen molar-refractivity contribution in [2.75, 3.05) is 13.2 Å². The number of aromatic nitrogens is 2. The Balaban J connectivity index is 1.80. The topological polar surface area (TPSA) is 109 Å². The number of hydrogen-bond donors (Lipinski definition) is 1. The van der Waals surface area contributed by atoms with Crippen molar-refractivity contribution in [3.8, 4) is 0 Å². The average molecular weight is 352 g/mol. The first-order valence-electron chi connectivity index (χ1n) is 8.40. The molecule has 1 aromatic rings. The molecule has 2 saturated heterocycles. The van der Waals surface area contributed by atoms with Gasteiger partial charge in [0.2, 0.25) is 12.3 Å². The Morgan fingerprint density at radius 1 is 1.56 bits per heavy atom. The summed E-state index contributed by atoms with van der Waals surface area (Å²) in [4.78, 5) is 28.7. The van der Waals surface area contributed by atoms with Gasteiger partial charge < -0.3 is 19.2 Å². The number of rotatable bonds is 3. The molecule has 2 amide bonds. The summed E-state index contributed by atoms with van der Waals surface area (Å²) >= 11 is 0. The lowest BCUT2D eigenvalue weighted by Crippen LogP contribution is -2.74. The summed E-state index contributed by atoms with van der Waals surface area (Å²) in [7, 11) is 0. The molecule has 2 aliphatic heterocycles. The summed E-state index contributed by atoms with van der Waals surface area (Å²) in [6.45, 7) is 7.28. The number of carbonyl (C=O) groups is 2. The molecule has 1 aromatic heterocycles. The van der Waals surface area contributed by atoms with Crippen LogP contribution in [0.5, 0.6) is 0 Å². The number of amides is 2. The molecule has 2 fully saturated rings. The van der Waals surface area contributed by atoms with Crippen molar-refractivity contribution in [1.82, 2.24) is 20.0 Å². The predicted molar refractivity (Wildman–Crippen MR) is 85.3 cm³/mol. The van der Waals surface area contributed by atoms with Crippen molar-refractivity contribution >= 4 is 12.0 Å². The third-order valence-corrected chi connectivity index (χ3v) is 4.77. The van der Waals surface area contributed by atoms with E-state index < -0.39 is 23.3 Å². The molecule has 1 N–H and O–H groups in total. The number of aliphatic hydroxyl groups is 1. The van der Waals surface area contributed by atoms with Crippen LogP contribution < -0.4 is 0 Å². The minimum atomic E-state index is -0.908. The number of nitrogens with zero attached hydrogens (tertiary/aromatic N) is 4. The normalized spacial score (nSPS) is 27.6. The zero-order valence-electron chi connectivity index (χ0n) is 14.9. The maximum absolute atomic E-state index is 13.0. The predicted octanol–water partition coefficient (Wildman–Crippen LogP) is 1.10. The number of likely N-dealkylation sites (tertiary alicyclic amines) is 2. The minimum Gasteiger partial charge on any atom is -0.444 e. The van der Waals surface area contributed by atoms with E-state index in [1.165, 1.54) is 4.90 Å². The maximum atomic E-state index is 13.0. The van der Waals surface area contributed by atoms with Crippen LogP contribution in [-0.2, 0) is 9.53 Å². The fourth-order valence-corrected chi connectivity index (χ4v) is 3.64. The number of ether oxygens (including phenoxy) is 1. The number of β-lactam (4-membered cyclic amide) rings is 1. The quantitative estimate of drug-likeness (QED) is 0.811. The van der Waals surface area contributed by atoms with Crippen LogP contribution in [0.1, 0.15) is 52.5 Å².